The summed E-state index contributed by atoms with van der Waals surface area (Å²) in [7, 11) is -9.90. The van der Waals surface area contributed by atoms with Crippen LogP contribution in [0.5, 0.6) is 0 Å². The average Bonchev–Trinajstić information content (AvgIpc) is 3.58. The van der Waals surface area contributed by atoms with Gasteiger partial charge in [0.25, 0.3) is 0 Å². The zero-order valence-electron chi connectivity index (χ0n) is 56.2. The molecule has 19 heteroatoms. The molecule has 3 N–H and O–H groups in total. The number of phosphoric ester groups is 2. The molecule has 0 saturated carbocycles. The van der Waals surface area contributed by atoms with Gasteiger partial charge in [-0.05, 0) is 51.4 Å². The predicted octanol–water partition coefficient (Wildman–Crippen LogP) is 19.4. The minimum Gasteiger partial charge on any atom is -0.462 e. The Labute approximate surface area is 535 Å². The third-order valence-electron chi connectivity index (χ3n) is 15.5. The number of aliphatic hydroxyl groups excluding tert-OH is 1. The van der Waals surface area contributed by atoms with Crippen molar-refractivity contribution in [2.45, 2.75) is 354 Å². The van der Waals surface area contributed by atoms with E-state index in [2.05, 4.69) is 52.0 Å². The summed E-state index contributed by atoms with van der Waals surface area (Å²) in [6.45, 7) is 4.85. The molecule has 5 atom stereocenters. The Hall–Kier alpha value is -2.46. The van der Waals surface area contributed by atoms with Crippen molar-refractivity contribution in [3.8, 4) is 0 Å². The van der Waals surface area contributed by atoms with Crippen molar-refractivity contribution >= 4 is 39.5 Å². The summed E-state index contributed by atoms with van der Waals surface area (Å²) in [5.74, 6) is -2.15. The normalized spacial score (nSPS) is 14.2. The lowest BCUT2D eigenvalue weighted by molar-refractivity contribution is -0.161. The largest absolute Gasteiger partial charge is 0.472 e. The molecular weight excluding hydrogens is 1160 g/mol. The molecule has 0 bridgehead atoms. The maximum atomic E-state index is 13.0. The van der Waals surface area contributed by atoms with Crippen LogP contribution in [0.4, 0.5) is 0 Å². The summed E-state index contributed by atoms with van der Waals surface area (Å²) in [5.41, 5.74) is 0. The molecule has 0 heterocycles. The quantitative estimate of drug-likeness (QED) is 0.0169. The molecule has 0 aromatic rings. The first kappa shape index (κ1) is 85.5. The lowest BCUT2D eigenvalue weighted by Crippen LogP contribution is -2.30. The maximum absolute atomic E-state index is 13.0. The van der Waals surface area contributed by atoms with E-state index >= 15 is 0 Å². The molecule has 0 spiro atoms. The molecule has 0 rings (SSSR count). The molecule has 518 valence electrons. The van der Waals surface area contributed by atoms with E-state index in [4.69, 9.17) is 37.0 Å². The van der Waals surface area contributed by atoms with Gasteiger partial charge in [-0.15, -0.1) is 0 Å². The van der Waals surface area contributed by atoms with Crippen LogP contribution in [0.25, 0.3) is 0 Å². The van der Waals surface area contributed by atoms with Gasteiger partial charge >= 0.3 is 39.5 Å². The summed E-state index contributed by atoms with van der Waals surface area (Å²) in [6.07, 6.45) is 53.4. The summed E-state index contributed by atoms with van der Waals surface area (Å²) < 4.78 is 68.1. The van der Waals surface area contributed by atoms with Gasteiger partial charge in [0.05, 0.1) is 26.4 Å². The third kappa shape index (κ3) is 62.4. The Kier molecular flexibility index (Phi) is 61.5. The number of phosphoric acid groups is 2. The number of rotatable bonds is 68. The van der Waals surface area contributed by atoms with Gasteiger partial charge in [0.1, 0.15) is 19.3 Å². The molecule has 0 aliphatic carbocycles. The minimum absolute atomic E-state index is 0.0858. The SMILES string of the molecule is CCCCCC/C=C\C=C/CCCCCCCC(=O)O[C@H](COC(=O)CCCCCCCCCCCCCCC)COP(=O)(O)OC[C@@H](O)COP(=O)(O)OC[C@@H](COC(=O)CCCCCCCCCCCC)OC(=O)CCCCCCCCCCCC. The van der Waals surface area contributed by atoms with Crippen molar-refractivity contribution in [1.29, 1.82) is 0 Å². The first-order valence-corrected chi connectivity index (χ1v) is 38.6. The summed E-state index contributed by atoms with van der Waals surface area (Å²) >= 11 is 0. The Balaban J connectivity index is 5.27. The van der Waals surface area contributed by atoms with Crippen LogP contribution in [0.2, 0.25) is 0 Å². The van der Waals surface area contributed by atoms with E-state index in [1.807, 2.05) is 0 Å². The second kappa shape index (κ2) is 63.3. The topological polar surface area (TPSA) is 237 Å². The van der Waals surface area contributed by atoms with Gasteiger partial charge in [-0.2, -0.15) is 0 Å². The Morgan fingerprint density at radius 2 is 0.545 bits per heavy atom. The van der Waals surface area contributed by atoms with Crippen molar-refractivity contribution < 1.29 is 80.2 Å². The van der Waals surface area contributed by atoms with E-state index in [0.717, 1.165) is 103 Å². The molecule has 0 aliphatic heterocycles. The van der Waals surface area contributed by atoms with Gasteiger partial charge < -0.3 is 33.8 Å². The molecule has 0 radical (unpaired) electrons. The van der Waals surface area contributed by atoms with E-state index in [9.17, 15) is 43.2 Å². The van der Waals surface area contributed by atoms with E-state index in [0.29, 0.717) is 25.7 Å². The van der Waals surface area contributed by atoms with Crippen LogP contribution < -0.4 is 0 Å². The number of aliphatic hydroxyl groups is 1. The van der Waals surface area contributed by atoms with Crippen LogP contribution >= 0.6 is 15.6 Å². The van der Waals surface area contributed by atoms with E-state index in [1.165, 1.54) is 154 Å². The fourth-order valence-corrected chi connectivity index (χ4v) is 11.6. The molecular formula is C69H130O17P2. The summed E-state index contributed by atoms with van der Waals surface area (Å²) in [5, 5.41) is 10.6. The Bertz CT molecular complexity index is 1780. The molecule has 2 unspecified atom stereocenters. The number of esters is 4. The first-order chi connectivity index (χ1) is 42.7. The van der Waals surface area contributed by atoms with Crippen molar-refractivity contribution in [3.63, 3.8) is 0 Å². The highest BCUT2D eigenvalue weighted by atomic mass is 31.2. The number of unbranched alkanes of at least 4 members (excludes halogenated alkanes) is 39. The number of carbonyl (C=O) groups is 4. The first-order valence-electron chi connectivity index (χ1n) is 35.6. The smallest absolute Gasteiger partial charge is 0.462 e. The maximum Gasteiger partial charge on any atom is 0.472 e. The average molecular weight is 1290 g/mol. The van der Waals surface area contributed by atoms with E-state index < -0.39 is 97.5 Å². The second-order valence-corrected chi connectivity index (χ2v) is 27.1. The highest BCUT2D eigenvalue weighted by Gasteiger charge is 2.30. The number of ether oxygens (including phenoxy) is 4. The standard InChI is InChI=1S/C69H130O17P2/c1-5-9-13-17-21-25-29-31-32-34-36-40-44-48-52-56-69(74)86-65(60-80-67(72)54-50-46-42-39-35-33-30-26-22-18-14-10-6-2)62-84-88(77,78)82-58-63(70)57-81-87(75,76)83-61-64(85-68(73)55-51-47-43-38-28-24-20-16-12-8-4)59-79-66(71)53-49-45-41-37-27-23-19-15-11-7-3/h25,29,31-32,63-65,70H,5-24,26-28,30,33-62H2,1-4H3,(H,75,76)(H,77,78)/b29-25-,32-31-/t63-,64+,65+/m0/s1. The molecule has 0 amide bonds. The molecule has 0 saturated heterocycles. The van der Waals surface area contributed by atoms with Crippen LogP contribution in [-0.4, -0.2) is 96.7 Å². The van der Waals surface area contributed by atoms with Crippen LogP contribution in [0.3, 0.4) is 0 Å². The van der Waals surface area contributed by atoms with E-state index in [1.54, 1.807) is 0 Å². The van der Waals surface area contributed by atoms with Crippen LogP contribution in [0.1, 0.15) is 336 Å². The Morgan fingerprint density at radius 1 is 0.318 bits per heavy atom. The van der Waals surface area contributed by atoms with Gasteiger partial charge in [0.2, 0.25) is 0 Å². The molecule has 0 aromatic carbocycles. The van der Waals surface area contributed by atoms with Gasteiger partial charge in [-0.25, -0.2) is 9.13 Å². The zero-order valence-corrected chi connectivity index (χ0v) is 58.0. The van der Waals surface area contributed by atoms with Crippen LogP contribution in [-0.2, 0) is 65.4 Å². The number of hydrogen-bond donors (Lipinski definition) is 3. The summed E-state index contributed by atoms with van der Waals surface area (Å²) in [6, 6.07) is 0. The molecule has 0 aliphatic rings. The highest BCUT2D eigenvalue weighted by Crippen LogP contribution is 2.45. The van der Waals surface area contributed by atoms with Gasteiger partial charge in [0.15, 0.2) is 12.2 Å². The molecule has 0 fully saturated rings. The zero-order chi connectivity index (χ0) is 64.7. The predicted molar refractivity (Wildman–Crippen MR) is 354 cm³/mol. The molecule has 17 nitrogen and oxygen atoms in total. The van der Waals surface area contributed by atoms with Crippen LogP contribution in [0, 0.1) is 0 Å². The monoisotopic (exact) mass is 1290 g/mol. The van der Waals surface area contributed by atoms with Gasteiger partial charge in [0, 0.05) is 25.7 Å². The summed E-state index contributed by atoms with van der Waals surface area (Å²) in [4.78, 5) is 72.4. The van der Waals surface area contributed by atoms with Crippen molar-refractivity contribution in [3.05, 3.63) is 24.3 Å². The highest BCUT2D eigenvalue weighted by molar-refractivity contribution is 7.47. The van der Waals surface area contributed by atoms with Gasteiger partial charge in [-0.1, -0.05) is 283 Å². The Morgan fingerprint density at radius 3 is 0.830 bits per heavy atom. The number of allylic oxidation sites excluding steroid dienone is 4. The number of hydrogen-bond acceptors (Lipinski definition) is 15. The molecule has 88 heavy (non-hydrogen) atoms. The third-order valence-corrected chi connectivity index (χ3v) is 17.4. The fourth-order valence-electron chi connectivity index (χ4n) is 9.98. The van der Waals surface area contributed by atoms with Crippen molar-refractivity contribution in [1.82, 2.24) is 0 Å². The minimum atomic E-state index is -4.96. The van der Waals surface area contributed by atoms with Crippen LogP contribution in [0.15, 0.2) is 24.3 Å². The lowest BCUT2D eigenvalue weighted by atomic mass is 10.0. The molecule has 0 aromatic heterocycles. The van der Waals surface area contributed by atoms with Gasteiger partial charge in [-0.3, -0.25) is 37.3 Å². The lowest BCUT2D eigenvalue weighted by Gasteiger charge is -2.21. The fraction of sp³-hybridized carbons (Fsp3) is 0.884. The van der Waals surface area contributed by atoms with Crippen molar-refractivity contribution in [2.24, 2.45) is 0 Å². The van der Waals surface area contributed by atoms with E-state index in [-0.39, 0.29) is 25.7 Å². The second-order valence-electron chi connectivity index (χ2n) is 24.2. The van der Waals surface area contributed by atoms with Crippen molar-refractivity contribution in [2.75, 3.05) is 39.6 Å². The number of carbonyl (C=O) groups excluding carboxylic acids is 4.